The number of esters is 1. The van der Waals surface area contributed by atoms with E-state index in [1.807, 2.05) is 24.3 Å². The molecule has 2 aromatic carbocycles. The van der Waals surface area contributed by atoms with Gasteiger partial charge in [-0.25, -0.2) is 4.79 Å². The van der Waals surface area contributed by atoms with Crippen molar-refractivity contribution in [1.29, 1.82) is 0 Å². The molecule has 30 heavy (non-hydrogen) atoms. The third-order valence-electron chi connectivity index (χ3n) is 7.07. The van der Waals surface area contributed by atoms with Crippen LogP contribution in [0.2, 0.25) is 0 Å². The fourth-order valence-electron chi connectivity index (χ4n) is 5.43. The summed E-state index contributed by atoms with van der Waals surface area (Å²) in [5, 5.41) is 3.30. The van der Waals surface area contributed by atoms with Crippen molar-refractivity contribution in [3.63, 3.8) is 0 Å². The summed E-state index contributed by atoms with van der Waals surface area (Å²) in [5.41, 5.74) is 4.32. The number of benzene rings is 2. The molecule has 2 atom stereocenters. The van der Waals surface area contributed by atoms with E-state index in [0.717, 1.165) is 0 Å². The summed E-state index contributed by atoms with van der Waals surface area (Å²) in [7, 11) is 1.43. The van der Waals surface area contributed by atoms with Crippen LogP contribution in [0.15, 0.2) is 48.5 Å². The summed E-state index contributed by atoms with van der Waals surface area (Å²) in [6.07, 6.45) is 0.295. The second-order valence-electron chi connectivity index (χ2n) is 8.48. The normalized spacial score (nSPS) is 24.7. The van der Waals surface area contributed by atoms with Gasteiger partial charge < -0.3 is 19.7 Å². The molecule has 1 N–H and O–H groups in total. The lowest BCUT2D eigenvalue weighted by Crippen LogP contribution is -2.53. The van der Waals surface area contributed by atoms with Gasteiger partial charge in [0.15, 0.2) is 0 Å². The van der Waals surface area contributed by atoms with Crippen molar-refractivity contribution in [3.05, 3.63) is 59.7 Å². The first-order chi connectivity index (χ1) is 14.6. The highest BCUT2D eigenvalue weighted by atomic mass is 16.6. The number of ether oxygens (including phenoxy) is 2. The Kier molecular flexibility index (Phi) is 4.74. The van der Waals surface area contributed by atoms with Crippen LogP contribution in [0.25, 0.3) is 11.1 Å². The van der Waals surface area contributed by atoms with Crippen LogP contribution in [0.3, 0.4) is 0 Å². The maximum absolute atomic E-state index is 12.9. The molecule has 0 bridgehead atoms. The Morgan fingerprint density at radius 3 is 2.43 bits per heavy atom. The number of nitrogens with zero attached hydrogens (tertiary/aromatic N) is 1. The molecular formula is C24H26N2O4. The predicted molar refractivity (Wildman–Crippen MR) is 112 cm³/mol. The van der Waals surface area contributed by atoms with E-state index in [4.69, 9.17) is 9.47 Å². The van der Waals surface area contributed by atoms with Crippen LogP contribution >= 0.6 is 0 Å². The maximum atomic E-state index is 12.9. The van der Waals surface area contributed by atoms with Crippen LogP contribution in [0.5, 0.6) is 0 Å². The van der Waals surface area contributed by atoms with Gasteiger partial charge >= 0.3 is 12.1 Å². The first kappa shape index (κ1) is 19.1. The Bertz CT molecular complexity index is 945. The molecule has 5 rings (SSSR count). The van der Waals surface area contributed by atoms with Crippen LogP contribution in [0, 0.1) is 11.3 Å². The molecule has 3 aliphatic rings. The Morgan fingerprint density at radius 2 is 1.77 bits per heavy atom. The van der Waals surface area contributed by atoms with Gasteiger partial charge in [-0.3, -0.25) is 4.79 Å². The third-order valence-corrected chi connectivity index (χ3v) is 7.07. The van der Waals surface area contributed by atoms with E-state index < -0.39 is 5.41 Å². The van der Waals surface area contributed by atoms with Crippen molar-refractivity contribution >= 4 is 12.1 Å². The van der Waals surface area contributed by atoms with Crippen LogP contribution < -0.4 is 5.32 Å². The van der Waals surface area contributed by atoms with Gasteiger partial charge in [-0.05, 0) is 28.7 Å². The number of fused-ring (bicyclic) bond motifs is 4. The first-order valence-electron chi connectivity index (χ1n) is 10.5. The van der Waals surface area contributed by atoms with E-state index >= 15 is 0 Å². The molecule has 1 aliphatic carbocycles. The number of likely N-dealkylation sites (tertiary alicyclic amines) is 1. The van der Waals surface area contributed by atoms with E-state index in [-0.39, 0.29) is 23.9 Å². The lowest BCUT2D eigenvalue weighted by Gasteiger charge is -2.40. The SMILES string of the molecule is COC(=O)C12CCN(C(=O)OCC3c4ccccc4-c4ccccc43)CC1CNC2. The molecule has 2 aliphatic heterocycles. The van der Waals surface area contributed by atoms with Crippen molar-refractivity contribution in [1.82, 2.24) is 10.2 Å². The number of methoxy groups -OCH3 is 1. The molecule has 0 spiro atoms. The van der Waals surface area contributed by atoms with Gasteiger partial charge in [0.05, 0.1) is 12.5 Å². The lowest BCUT2D eigenvalue weighted by atomic mass is 9.72. The molecule has 0 radical (unpaired) electrons. The predicted octanol–water partition coefficient (Wildman–Crippen LogP) is 3.02. The van der Waals surface area contributed by atoms with Crippen LogP contribution in [0.1, 0.15) is 23.5 Å². The number of nitrogens with one attached hydrogen (secondary N) is 1. The molecule has 2 aromatic rings. The molecule has 0 saturated carbocycles. The second kappa shape index (κ2) is 7.43. The second-order valence-corrected chi connectivity index (χ2v) is 8.48. The van der Waals surface area contributed by atoms with Crippen LogP contribution in [0.4, 0.5) is 4.79 Å². The number of rotatable bonds is 3. The summed E-state index contributed by atoms with van der Waals surface area (Å²) in [4.78, 5) is 27.0. The highest BCUT2D eigenvalue weighted by Gasteiger charge is 2.53. The molecule has 2 saturated heterocycles. The molecule has 2 heterocycles. The van der Waals surface area contributed by atoms with Gasteiger partial charge in [-0.2, -0.15) is 0 Å². The summed E-state index contributed by atoms with van der Waals surface area (Å²) >= 11 is 0. The molecular weight excluding hydrogens is 380 g/mol. The van der Waals surface area contributed by atoms with Crippen molar-refractivity contribution < 1.29 is 19.1 Å². The zero-order valence-electron chi connectivity index (χ0n) is 17.1. The highest BCUT2D eigenvalue weighted by molar-refractivity contribution is 5.80. The van der Waals surface area contributed by atoms with E-state index in [0.29, 0.717) is 39.2 Å². The minimum absolute atomic E-state index is 0.0495. The Balaban J connectivity index is 1.28. The Morgan fingerprint density at radius 1 is 1.10 bits per heavy atom. The van der Waals surface area contributed by atoms with E-state index in [9.17, 15) is 9.59 Å². The van der Waals surface area contributed by atoms with Crippen LogP contribution in [-0.2, 0) is 14.3 Å². The number of hydrogen-bond donors (Lipinski definition) is 1. The van der Waals surface area contributed by atoms with Crippen molar-refractivity contribution in [2.24, 2.45) is 11.3 Å². The molecule has 0 aromatic heterocycles. The fraction of sp³-hybridized carbons (Fsp3) is 0.417. The molecule has 6 nitrogen and oxygen atoms in total. The minimum Gasteiger partial charge on any atom is -0.469 e. The number of hydrogen-bond acceptors (Lipinski definition) is 5. The van der Waals surface area contributed by atoms with Gasteiger partial charge in [0, 0.05) is 38.0 Å². The minimum atomic E-state index is -0.519. The van der Waals surface area contributed by atoms with Gasteiger partial charge in [0.1, 0.15) is 6.61 Å². The fourth-order valence-corrected chi connectivity index (χ4v) is 5.43. The van der Waals surface area contributed by atoms with E-state index in [2.05, 4.69) is 29.6 Å². The summed E-state index contributed by atoms with van der Waals surface area (Å²) < 4.78 is 10.9. The van der Waals surface area contributed by atoms with Crippen molar-refractivity contribution in [2.75, 3.05) is 39.9 Å². The smallest absolute Gasteiger partial charge is 0.409 e. The van der Waals surface area contributed by atoms with Gasteiger partial charge in [-0.15, -0.1) is 0 Å². The topological polar surface area (TPSA) is 67.9 Å². The number of amides is 1. The standard InChI is InChI=1S/C24H26N2O4/c1-29-22(27)24-10-11-26(13-16(24)12-25-15-24)23(28)30-14-21-19-8-4-2-6-17(19)18-7-3-5-9-20(18)21/h2-9,16,21,25H,10-15H2,1H3. The van der Waals surface area contributed by atoms with Gasteiger partial charge in [-0.1, -0.05) is 48.5 Å². The van der Waals surface area contributed by atoms with Gasteiger partial charge in [0.25, 0.3) is 0 Å². The van der Waals surface area contributed by atoms with Gasteiger partial charge in [0.2, 0.25) is 0 Å². The quantitative estimate of drug-likeness (QED) is 0.794. The van der Waals surface area contributed by atoms with E-state index in [1.165, 1.54) is 29.4 Å². The monoisotopic (exact) mass is 406 g/mol. The molecule has 156 valence electrons. The maximum Gasteiger partial charge on any atom is 0.409 e. The largest absolute Gasteiger partial charge is 0.469 e. The van der Waals surface area contributed by atoms with Crippen molar-refractivity contribution in [3.8, 4) is 11.1 Å². The van der Waals surface area contributed by atoms with Crippen LogP contribution in [-0.4, -0.2) is 56.9 Å². The molecule has 6 heteroatoms. The summed E-state index contributed by atoms with van der Waals surface area (Å²) in [6.45, 7) is 2.66. The molecule has 2 unspecified atom stereocenters. The number of piperidine rings is 1. The first-order valence-corrected chi connectivity index (χ1v) is 10.5. The number of carbonyl (C=O) groups excluding carboxylic acids is 2. The average molecular weight is 406 g/mol. The summed E-state index contributed by atoms with van der Waals surface area (Å²) in [6, 6.07) is 16.6. The average Bonchev–Trinajstić information content (AvgIpc) is 3.36. The summed E-state index contributed by atoms with van der Waals surface area (Å²) in [5.74, 6) is -0.0719. The Labute approximate surface area is 176 Å². The zero-order valence-corrected chi connectivity index (χ0v) is 17.1. The van der Waals surface area contributed by atoms with E-state index in [1.54, 1.807) is 4.90 Å². The highest BCUT2D eigenvalue weighted by Crippen LogP contribution is 2.45. The zero-order chi connectivity index (χ0) is 20.7. The number of carbonyl (C=O) groups is 2. The third kappa shape index (κ3) is 2.89. The lowest BCUT2D eigenvalue weighted by molar-refractivity contribution is -0.157. The Hall–Kier alpha value is -2.86. The van der Waals surface area contributed by atoms with Crippen molar-refractivity contribution in [2.45, 2.75) is 12.3 Å². The molecule has 2 fully saturated rings. The molecule has 1 amide bonds.